The number of hydrogen-bond donors (Lipinski definition) is 2. The summed E-state index contributed by atoms with van der Waals surface area (Å²) in [6.45, 7) is 0. The number of carbonyl (C=O) groups excluding carboxylic acids is 1. The van der Waals surface area contributed by atoms with Crippen molar-refractivity contribution in [2.24, 2.45) is 11.1 Å². The Balaban J connectivity index is 2.11. The van der Waals surface area contributed by atoms with Gasteiger partial charge in [0.15, 0.2) is 0 Å². The van der Waals surface area contributed by atoms with Gasteiger partial charge in [-0.3, -0.25) is 4.79 Å². The molecule has 1 amide bonds. The minimum Gasteiger partial charge on any atom is -0.369 e. The van der Waals surface area contributed by atoms with Crippen LogP contribution < -0.4 is 10.5 Å². The van der Waals surface area contributed by atoms with Gasteiger partial charge in [-0.1, -0.05) is 6.07 Å². The van der Waals surface area contributed by atoms with Crippen LogP contribution in [-0.4, -0.2) is 26.6 Å². The molecule has 1 fully saturated rings. The predicted octanol–water partition coefficient (Wildman–Crippen LogP) is 1.31. The molecule has 0 aromatic heterocycles. The van der Waals surface area contributed by atoms with E-state index < -0.39 is 21.3 Å². The van der Waals surface area contributed by atoms with Gasteiger partial charge in [-0.25, -0.2) is 17.5 Å². The molecular weight excluding hydrogens is 363 g/mol. The zero-order valence-electron chi connectivity index (χ0n) is 11.4. The van der Waals surface area contributed by atoms with E-state index in [1.807, 2.05) is 0 Å². The molecule has 0 heterocycles. The van der Waals surface area contributed by atoms with E-state index in [0.717, 1.165) is 11.8 Å². The first-order valence-corrected chi connectivity index (χ1v) is 9.01. The van der Waals surface area contributed by atoms with Crippen molar-refractivity contribution in [3.63, 3.8) is 0 Å². The van der Waals surface area contributed by atoms with Gasteiger partial charge in [-0.2, -0.15) is 0 Å². The van der Waals surface area contributed by atoms with E-state index in [9.17, 15) is 17.6 Å². The number of halogens is 2. The first kappa shape index (κ1) is 16.4. The van der Waals surface area contributed by atoms with E-state index in [1.54, 1.807) is 12.1 Å². The van der Waals surface area contributed by atoms with E-state index in [2.05, 4.69) is 20.7 Å². The lowest BCUT2D eigenvalue weighted by Gasteiger charge is -2.45. The average Bonchev–Trinajstić information content (AvgIpc) is 2.28. The summed E-state index contributed by atoms with van der Waals surface area (Å²) in [4.78, 5) is 11.7. The van der Waals surface area contributed by atoms with Gasteiger partial charge in [0.05, 0.1) is 16.1 Å². The number of nitrogens with one attached hydrogen (secondary N) is 1. The summed E-state index contributed by atoms with van der Waals surface area (Å²) in [6.07, 6.45) is 2.15. The second-order valence-electron chi connectivity index (χ2n) is 5.57. The van der Waals surface area contributed by atoms with Crippen LogP contribution in [0.25, 0.3) is 0 Å². The van der Waals surface area contributed by atoms with Crippen molar-refractivity contribution >= 4 is 31.9 Å². The van der Waals surface area contributed by atoms with Gasteiger partial charge in [0.25, 0.3) is 0 Å². The normalized spacial score (nSPS) is 25.4. The molecule has 0 spiro atoms. The van der Waals surface area contributed by atoms with Crippen molar-refractivity contribution < 1.29 is 17.6 Å². The largest absolute Gasteiger partial charge is 0.369 e. The molecule has 0 unspecified atom stereocenters. The van der Waals surface area contributed by atoms with Crippen LogP contribution in [0.4, 0.5) is 4.39 Å². The number of benzene rings is 1. The van der Waals surface area contributed by atoms with Gasteiger partial charge >= 0.3 is 0 Å². The lowest BCUT2D eigenvalue weighted by atomic mass is 9.62. The molecule has 1 aliphatic carbocycles. The summed E-state index contributed by atoms with van der Waals surface area (Å²) in [5.74, 6) is -0.841. The Morgan fingerprint density at radius 1 is 1.52 bits per heavy atom. The third-order valence-electron chi connectivity index (χ3n) is 3.70. The Morgan fingerprint density at radius 3 is 2.62 bits per heavy atom. The van der Waals surface area contributed by atoms with Gasteiger partial charge in [-0.05, 0) is 52.9 Å². The SMILES string of the molecule is CS(=O)(=O)NC1CC(Cc2ccc(F)c(Br)c2)(C(N)=O)C1. The van der Waals surface area contributed by atoms with Crippen LogP contribution in [0, 0.1) is 11.2 Å². The molecule has 0 saturated heterocycles. The van der Waals surface area contributed by atoms with Crippen LogP contribution in [0.15, 0.2) is 22.7 Å². The maximum atomic E-state index is 13.2. The van der Waals surface area contributed by atoms with Crippen LogP contribution >= 0.6 is 15.9 Å². The number of rotatable bonds is 5. The van der Waals surface area contributed by atoms with E-state index in [0.29, 0.717) is 23.7 Å². The minimum absolute atomic E-state index is 0.281. The molecule has 1 aromatic carbocycles. The van der Waals surface area contributed by atoms with Crippen molar-refractivity contribution in [1.29, 1.82) is 0 Å². The highest BCUT2D eigenvalue weighted by molar-refractivity contribution is 9.10. The van der Waals surface area contributed by atoms with Gasteiger partial charge in [0.2, 0.25) is 15.9 Å². The monoisotopic (exact) mass is 378 g/mol. The van der Waals surface area contributed by atoms with Gasteiger partial charge in [0.1, 0.15) is 5.82 Å². The highest BCUT2D eigenvalue weighted by atomic mass is 79.9. The number of sulfonamides is 1. The van der Waals surface area contributed by atoms with Crippen LogP contribution in [0.3, 0.4) is 0 Å². The maximum absolute atomic E-state index is 13.2. The topological polar surface area (TPSA) is 89.3 Å². The summed E-state index contributed by atoms with van der Waals surface area (Å²) >= 11 is 3.10. The fourth-order valence-corrected chi connectivity index (χ4v) is 3.94. The van der Waals surface area contributed by atoms with Gasteiger partial charge in [0, 0.05) is 6.04 Å². The quantitative estimate of drug-likeness (QED) is 0.809. The highest BCUT2D eigenvalue weighted by Gasteiger charge is 2.49. The Kier molecular flexibility index (Phi) is 4.41. The number of nitrogens with two attached hydrogens (primary N) is 1. The average molecular weight is 379 g/mol. The summed E-state index contributed by atoms with van der Waals surface area (Å²) in [5, 5.41) is 0. The molecule has 0 bridgehead atoms. The summed E-state index contributed by atoms with van der Waals surface area (Å²) in [7, 11) is -3.30. The molecule has 0 radical (unpaired) electrons. The predicted molar refractivity (Wildman–Crippen MR) is 80.4 cm³/mol. The van der Waals surface area contributed by atoms with Crippen molar-refractivity contribution in [2.45, 2.75) is 25.3 Å². The van der Waals surface area contributed by atoms with Crippen LogP contribution in [0.1, 0.15) is 18.4 Å². The van der Waals surface area contributed by atoms with E-state index in [-0.39, 0.29) is 11.9 Å². The zero-order valence-corrected chi connectivity index (χ0v) is 13.8. The number of hydrogen-bond acceptors (Lipinski definition) is 3. The molecule has 8 heteroatoms. The third-order valence-corrected chi connectivity index (χ3v) is 5.07. The molecular formula is C13H16BrFN2O3S. The van der Waals surface area contributed by atoms with Gasteiger partial charge in [-0.15, -0.1) is 0 Å². The Bertz CT molecular complexity index is 672. The van der Waals surface area contributed by atoms with Crippen molar-refractivity contribution in [3.05, 3.63) is 34.1 Å². The van der Waals surface area contributed by atoms with Crippen molar-refractivity contribution in [2.75, 3.05) is 6.26 Å². The third kappa shape index (κ3) is 3.81. The van der Waals surface area contributed by atoms with Crippen LogP contribution in [-0.2, 0) is 21.2 Å². The summed E-state index contributed by atoms with van der Waals surface area (Å²) < 4.78 is 38.4. The first-order chi connectivity index (χ1) is 9.61. The first-order valence-electron chi connectivity index (χ1n) is 6.32. The molecule has 116 valence electrons. The fraction of sp³-hybridized carbons (Fsp3) is 0.462. The molecule has 1 saturated carbocycles. The minimum atomic E-state index is -3.30. The Labute approximate surface area is 131 Å². The molecule has 21 heavy (non-hydrogen) atoms. The molecule has 1 aromatic rings. The lowest BCUT2D eigenvalue weighted by molar-refractivity contribution is -0.133. The van der Waals surface area contributed by atoms with Crippen LogP contribution in [0.2, 0.25) is 0 Å². The smallest absolute Gasteiger partial charge is 0.224 e. The molecule has 3 N–H and O–H groups in total. The number of primary amides is 1. The maximum Gasteiger partial charge on any atom is 0.224 e. The molecule has 0 aliphatic heterocycles. The van der Waals surface area contributed by atoms with E-state index in [1.165, 1.54) is 6.07 Å². The summed E-state index contributed by atoms with van der Waals surface area (Å²) in [5.41, 5.74) is 5.47. The second kappa shape index (κ2) is 5.66. The second-order valence-corrected chi connectivity index (χ2v) is 8.20. The highest BCUT2D eigenvalue weighted by Crippen LogP contribution is 2.44. The number of carbonyl (C=O) groups is 1. The fourth-order valence-electron chi connectivity index (χ4n) is 2.74. The lowest BCUT2D eigenvalue weighted by Crippen LogP contribution is -2.57. The van der Waals surface area contributed by atoms with Gasteiger partial charge < -0.3 is 5.73 Å². The molecule has 1 aliphatic rings. The molecule has 5 nitrogen and oxygen atoms in total. The summed E-state index contributed by atoms with van der Waals surface area (Å²) in [6, 6.07) is 4.25. The standard InChI is InChI=1S/C13H16BrFN2O3S/c1-21(19,20)17-9-6-13(7-9,12(16)18)5-8-2-3-11(15)10(14)4-8/h2-4,9,17H,5-7H2,1H3,(H2,16,18). The molecule has 0 atom stereocenters. The van der Waals surface area contributed by atoms with E-state index >= 15 is 0 Å². The number of amides is 1. The van der Waals surface area contributed by atoms with Crippen molar-refractivity contribution in [3.8, 4) is 0 Å². The Hall–Kier alpha value is -0.990. The van der Waals surface area contributed by atoms with Crippen molar-refractivity contribution in [1.82, 2.24) is 4.72 Å². The molecule has 2 rings (SSSR count). The van der Waals surface area contributed by atoms with E-state index in [4.69, 9.17) is 5.73 Å². The van der Waals surface area contributed by atoms with Crippen LogP contribution in [0.5, 0.6) is 0 Å². The zero-order chi connectivity index (χ0) is 15.8. The Morgan fingerprint density at radius 2 is 2.14 bits per heavy atom.